The number of hydrogen-bond donors (Lipinski definition) is 0. The van der Waals surface area contributed by atoms with Crippen LogP contribution in [0.15, 0.2) is 46.9 Å². The Hall–Kier alpha value is -2.08. The summed E-state index contributed by atoms with van der Waals surface area (Å²) in [5, 5.41) is 9.62. The predicted molar refractivity (Wildman–Crippen MR) is 104 cm³/mol. The van der Waals surface area contributed by atoms with Crippen LogP contribution in [0.2, 0.25) is 15.1 Å². The fraction of sp³-hybridized carbons (Fsp3) is 0.211. The molecular weight excluding hydrogens is 409 g/mol. The maximum absolute atomic E-state index is 13.0. The number of aromatic nitrogens is 2. The lowest BCUT2D eigenvalue weighted by Crippen LogP contribution is -2.32. The van der Waals surface area contributed by atoms with Gasteiger partial charge in [-0.1, -0.05) is 34.8 Å². The molecule has 1 heterocycles. The van der Waals surface area contributed by atoms with Crippen LogP contribution in [-0.2, 0) is 6.54 Å². The van der Waals surface area contributed by atoms with Crippen LogP contribution >= 0.6 is 34.8 Å². The van der Waals surface area contributed by atoms with Crippen molar-refractivity contribution in [2.45, 2.75) is 25.4 Å². The number of benzene rings is 2. The van der Waals surface area contributed by atoms with E-state index in [1.165, 1.54) is 0 Å². The second-order valence-electron chi connectivity index (χ2n) is 6.33. The fourth-order valence-electron chi connectivity index (χ4n) is 2.77. The van der Waals surface area contributed by atoms with E-state index in [1.807, 2.05) is 0 Å². The third-order valence-corrected chi connectivity index (χ3v) is 4.91. The predicted octanol–water partition coefficient (Wildman–Crippen LogP) is 5.50. The molecule has 1 aliphatic carbocycles. The summed E-state index contributed by atoms with van der Waals surface area (Å²) in [5.41, 5.74) is 1.21. The van der Waals surface area contributed by atoms with Gasteiger partial charge in [-0.2, -0.15) is 0 Å². The van der Waals surface area contributed by atoms with E-state index in [9.17, 15) is 4.79 Å². The first-order chi connectivity index (χ1) is 13.0. The van der Waals surface area contributed by atoms with Gasteiger partial charge >= 0.3 is 0 Å². The summed E-state index contributed by atoms with van der Waals surface area (Å²) in [5.74, 6) is 0.595. The van der Waals surface area contributed by atoms with Crippen LogP contribution in [0, 0.1) is 0 Å². The Kier molecular flexibility index (Phi) is 5.08. The number of hydrogen-bond acceptors (Lipinski definition) is 4. The topological polar surface area (TPSA) is 59.2 Å². The molecule has 1 amide bonds. The number of carbonyl (C=O) groups is 1. The van der Waals surface area contributed by atoms with Crippen molar-refractivity contribution in [3.63, 3.8) is 0 Å². The Bertz CT molecular complexity index is 964. The van der Waals surface area contributed by atoms with Gasteiger partial charge in [0.1, 0.15) is 0 Å². The number of nitrogens with zero attached hydrogens (tertiary/aromatic N) is 3. The van der Waals surface area contributed by atoms with E-state index >= 15 is 0 Å². The summed E-state index contributed by atoms with van der Waals surface area (Å²) >= 11 is 18.0. The van der Waals surface area contributed by atoms with E-state index in [0.717, 1.165) is 18.4 Å². The fourth-order valence-corrected chi connectivity index (χ4v) is 3.42. The molecule has 0 bridgehead atoms. The lowest BCUT2D eigenvalue weighted by Gasteiger charge is -2.20. The van der Waals surface area contributed by atoms with Crippen molar-refractivity contribution in [2.75, 3.05) is 0 Å². The number of carbonyl (C=O) groups excluding carboxylic acids is 1. The van der Waals surface area contributed by atoms with E-state index in [0.29, 0.717) is 32.4 Å². The summed E-state index contributed by atoms with van der Waals surface area (Å²) in [6.45, 7) is 0.230. The molecule has 0 radical (unpaired) electrons. The first-order valence-electron chi connectivity index (χ1n) is 8.35. The van der Waals surface area contributed by atoms with Crippen molar-refractivity contribution in [1.82, 2.24) is 15.1 Å². The van der Waals surface area contributed by atoms with Gasteiger partial charge in [-0.05, 0) is 55.3 Å². The SMILES string of the molecule is O=C(c1cc(Cl)cc(Cl)c1)N(Cc1nnc(-c2ccc(Cl)cc2)o1)C1CC1. The van der Waals surface area contributed by atoms with Crippen LogP contribution in [0.5, 0.6) is 0 Å². The highest BCUT2D eigenvalue weighted by atomic mass is 35.5. The highest BCUT2D eigenvalue weighted by Crippen LogP contribution is 2.31. The van der Waals surface area contributed by atoms with Crippen LogP contribution in [-0.4, -0.2) is 27.0 Å². The van der Waals surface area contributed by atoms with E-state index < -0.39 is 0 Å². The number of amides is 1. The molecule has 1 fully saturated rings. The highest BCUT2D eigenvalue weighted by Gasteiger charge is 2.34. The summed E-state index contributed by atoms with van der Waals surface area (Å²) in [7, 11) is 0. The molecule has 0 saturated heterocycles. The zero-order chi connectivity index (χ0) is 19.0. The first-order valence-corrected chi connectivity index (χ1v) is 9.48. The molecule has 138 valence electrons. The average molecular weight is 423 g/mol. The minimum atomic E-state index is -0.159. The van der Waals surface area contributed by atoms with Crippen molar-refractivity contribution >= 4 is 40.7 Å². The van der Waals surface area contributed by atoms with Gasteiger partial charge in [-0.25, -0.2) is 0 Å². The van der Waals surface area contributed by atoms with Gasteiger partial charge in [-0.15, -0.1) is 10.2 Å². The van der Waals surface area contributed by atoms with E-state index in [4.69, 9.17) is 39.2 Å². The maximum atomic E-state index is 13.0. The minimum absolute atomic E-state index is 0.154. The van der Waals surface area contributed by atoms with Crippen molar-refractivity contribution in [2.24, 2.45) is 0 Å². The third-order valence-electron chi connectivity index (χ3n) is 4.22. The molecule has 1 saturated carbocycles. The first kappa shape index (κ1) is 18.3. The second-order valence-corrected chi connectivity index (χ2v) is 7.64. The van der Waals surface area contributed by atoms with Gasteiger partial charge in [0.2, 0.25) is 11.8 Å². The Balaban J connectivity index is 1.55. The highest BCUT2D eigenvalue weighted by molar-refractivity contribution is 6.35. The van der Waals surface area contributed by atoms with Crippen molar-refractivity contribution < 1.29 is 9.21 Å². The Morgan fingerprint density at radius 3 is 2.30 bits per heavy atom. The lowest BCUT2D eigenvalue weighted by atomic mass is 10.2. The molecular formula is C19H14Cl3N3O2. The Morgan fingerprint density at radius 1 is 1.00 bits per heavy atom. The Labute approximate surface area is 170 Å². The van der Waals surface area contributed by atoms with Gasteiger partial charge in [0, 0.05) is 32.2 Å². The molecule has 27 heavy (non-hydrogen) atoms. The molecule has 2 aromatic carbocycles. The van der Waals surface area contributed by atoms with Crippen molar-refractivity contribution in [3.05, 3.63) is 69.0 Å². The smallest absolute Gasteiger partial charge is 0.254 e. The van der Waals surface area contributed by atoms with Crippen LogP contribution in [0.1, 0.15) is 29.1 Å². The van der Waals surface area contributed by atoms with Gasteiger partial charge in [-0.3, -0.25) is 4.79 Å². The molecule has 0 spiro atoms. The zero-order valence-corrected chi connectivity index (χ0v) is 16.3. The summed E-state index contributed by atoms with van der Waals surface area (Å²) < 4.78 is 5.74. The maximum Gasteiger partial charge on any atom is 0.254 e. The number of rotatable bonds is 5. The van der Waals surface area contributed by atoms with Gasteiger partial charge < -0.3 is 9.32 Å². The molecule has 1 aromatic heterocycles. The number of halogens is 3. The molecule has 0 aliphatic heterocycles. The zero-order valence-electron chi connectivity index (χ0n) is 14.0. The van der Waals surface area contributed by atoms with Crippen molar-refractivity contribution in [1.29, 1.82) is 0 Å². The summed E-state index contributed by atoms with van der Waals surface area (Å²) in [6, 6.07) is 12.1. The monoisotopic (exact) mass is 421 g/mol. The summed E-state index contributed by atoms with van der Waals surface area (Å²) in [6.07, 6.45) is 1.89. The largest absolute Gasteiger partial charge is 0.419 e. The van der Waals surface area contributed by atoms with E-state index in [-0.39, 0.29) is 18.5 Å². The standard InChI is InChI=1S/C19H14Cl3N3O2/c20-13-3-1-11(2-4-13)18-24-23-17(27-18)10-25(16-5-6-16)19(26)12-7-14(21)9-15(22)8-12/h1-4,7-9,16H,5-6,10H2. The van der Waals surface area contributed by atoms with Crippen LogP contribution in [0.4, 0.5) is 0 Å². The molecule has 5 nitrogen and oxygen atoms in total. The van der Waals surface area contributed by atoms with E-state index in [2.05, 4.69) is 10.2 Å². The quantitative estimate of drug-likeness (QED) is 0.544. The normalized spacial score (nSPS) is 13.6. The summed E-state index contributed by atoms with van der Waals surface area (Å²) in [4.78, 5) is 14.7. The van der Waals surface area contributed by atoms with Crippen molar-refractivity contribution in [3.8, 4) is 11.5 Å². The Morgan fingerprint density at radius 2 is 1.67 bits per heavy atom. The van der Waals surface area contributed by atoms with Crippen LogP contribution in [0.3, 0.4) is 0 Å². The second kappa shape index (κ2) is 7.50. The van der Waals surface area contributed by atoms with Gasteiger partial charge in [0.05, 0.1) is 6.54 Å². The molecule has 0 unspecified atom stereocenters. The average Bonchev–Trinajstić information content (AvgIpc) is 3.37. The molecule has 8 heteroatoms. The van der Waals surface area contributed by atoms with Gasteiger partial charge in [0.25, 0.3) is 5.91 Å². The molecule has 4 rings (SSSR count). The lowest BCUT2D eigenvalue weighted by molar-refractivity contribution is 0.0714. The van der Waals surface area contributed by atoms with Gasteiger partial charge in [0.15, 0.2) is 0 Å². The molecule has 0 atom stereocenters. The molecule has 0 N–H and O–H groups in total. The minimum Gasteiger partial charge on any atom is -0.419 e. The molecule has 3 aromatic rings. The third kappa shape index (κ3) is 4.26. The van der Waals surface area contributed by atoms with E-state index in [1.54, 1.807) is 47.4 Å². The van der Waals surface area contributed by atoms with Crippen LogP contribution < -0.4 is 0 Å². The van der Waals surface area contributed by atoms with Crippen LogP contribution in [0.25, 0.3) is 11.5 Å². The molecule has 1 aliphatic rings.